The lowest BCUT2D eigenvalue weighted by Crippen LogP contribution is -1.99. The van der Waals surface area contributed by atoms with E-state index in [-0.39, 0.29) is 0 Å². The van der Waals surface area contributed by atoms with E-state index in [0.717, 1.165) is 16.1 Å². The fraction of sp³-hybridized carbons (Fsp3) is 0.143. The molecule has 0 N–H and O–H groups in total. The van der Waals surface area contributed by atoms with Crippen LogP contribution >= 0.6 is 15.9 Å². The first-order valence-electron chi connectivity index (χ1n) is 3.64. The van der Waals surface area contributed by atoms with E-state index < -0.39 is 0 Å². The quantitative estimate of drug-likeness (QED) is 0.701. The number of pyridine rings is 1. The Kier molecular flexibility index (Phi) is 2.05. The molecule has 0 atom stereocenters. The fourth-order valence-electron chi connectivity index (χ4n) is 0.964. The number of tetrazole rings is 1. The van der Waals surface area contributed by atoms with E-state index in [1.165, 1.54) is 0 Å². The molecule has 0 radical (unpaired) electrons. The monoisotopic (exact) mass is 239 g/mol. The van der Waals surface area contributed by atoms with Gasteiger partial charge in [-0.15, -0.1) is 5.10 Å². The standard InChI is InChI=1S/C7H6BrN5/c1-5-10-11-12-13(5)6-2-3-7(8)9-4-6/h2-4H,1H3. The first kappa shape index (κ1) is 8.31. The predicted octanol–water partition coefficient (Wildman–Crippen LogP) is 1.13. The third-order valence-electron chi connectivity index (χ3n) is 1.58. The van der Waals surface area contributed by atoms with Gasteiger partial charge < -0.3 is 0 Å². The van der Waals surface area contributed by atoms with Crippen molar-refractivity contribution in [1.29, 1.82) is 0 Å². The van der Waals surface area contributed by atoms with Gasteiger partial charge in [0.15, 0.2) is 5.82 Å². The molecule has 0 saturated heterocycles. The third kappa shape index (κ3) is 1.57. The second-order valence-corrected chi connectivity index (χ2v) is 3.29. The lowest BCUT2D eigenvalue weighted by atomic mass is 10.4. The molecule has 0 aromatic carbocycles. The summed E-state index contributed by atoms with van der Waals surface area (Å²) in [5.74, 6) is 0.740. The Morgan fingerprint density at radius 2 is 2.23 bits per heavy atom. The first-order chi connectivity index (χ1) is 6.27. The van der Waals surface area contributed by atoms with Gasteiger partial charge in [-0.2, -0.15) is 4.68 Å². The smallest absolute Gasteiger partial charge is 0.153 e. The molecule has 2 rings (SSSR count). The lowest BCUT2D eigenvalue weighted by molar-refractivity contribution is 0.776. The number of hydrogen-bond donors (Lipinski definition) is 0. The highest BCUT2D eigenvalue weighted by Gasteiger charge is 2.02. The van der Waals surface area contributed by atoms with E-state index in [4.69, 9.17) is 0 Å². The maximum Gasteiger partial charge on any atom is 0.153 e. The van der Waals surface area contributed by atoms with Gasteiger partial charge in [0, 0.05) is 0 Å². The number of rotatable bonds is 1. The second kappa shape index (κ2) is 3.21. The van der Waals surface area contributed by atoms with Crippen LogP contribution in [0.25, 0.3) is 5.69 Å². The summed E-state index contributed by atoms with van der Waals surface area (Å²) in [5, 5.41) is 11.1. The van der Waals surface area contributed by atoms with Gasteiger partial charge in [-0.05, 0) is 45.4 Å². The summed E-state index contributed by atoms with van der Waals surface area (Å²) in [4.78, 5) is 4.08. The van der Waals surface area contributed by atoms with Crippen molar-refractivity contribution in [2.45, 2.75) is 6.92 Å². The molecule has 0 saturated carbocycles. The first-order valence-corrected chi connectivity index (χ1v) is 4.43. The van der Waals surface area contributed by atoms with Gasteiger partial charge in [0.2, 0.25) is 0 Å². The molecule has 2 aromatic rings. The zero-order valence-electron chi connectivity index (χ0n) is 6.85. The fourth-order valence-corrected chi connectivity index (χ4v) is 1.20. The minimum absolute atomic E-state index is 0.740. The van der Waals surface area contributed by atoms with Gasteiger partial charge >= 0.3 is 0 Å². The van der Waals surface area contributed by atoms with Crippen LogP contribution in [0.4, 0.5) is 0 Å². The second-order valence-electron chi connectivity index (χ2n) is 2.48. The zero-order chi connectivity index (χ0) is 9.26. The van der Waals surface area contributed by atoms with Crippen molar-refractivity contribution < 1.29 is 0 Å². The summed E-state index contributed by atoms with van der Waals surface area (Å²) in [5.41, 5.74) is 0.853. The summed E-state index contributed by atoms with van der Waals surface area (Å²) >= 11 is 3.26. The van der Waals surface area contributed by atoms with Crippen molar-refractivity contribution in [3.8, 4) is 5.69 Å². The lowest BCUT2D eigenvalue weighted by Gasteiger charge is -1.99. The molecule has 0 fully saturated rings. The summed E-state index contributed by atoms with van der Waals surface area (Å²) in [6, 6.07) is 3.73. The van der Waals surface area contributed by atoms with E-state index in [1.807, 2.05) is 19.1 Å². The van der Waals surface area contributed by atoms with Gasteiger partial charge in [-0.1, -0.05) is 0 Å². The molecule has 66 valence electrons. The third-order valence-corrected chi connectivity index (χ3v) is 2.05. The van der Waals surface area contributed by atoms with Crippen LogP contribution in [0, 0.1) is 6.92 Å². The molecule has 6 heteroatoms. The zero-order valence-corrected chi connectivity index (χ0v) is 8.43. The Balaban J connectivity index is 2.47. The van der Waals surface area contributed by atoms with Crippen molar-refractivity contribution in [2.75, 3.05) is 0 Å². The van der Waals surface area contributed by atoms with Gasteiger partial charge in [-0.3, -0.25) is 0 Å². The number of aryl methyl sites for hydroxylation is 1. The number of hydrogen-bond acceptors (Lipinski definition) is 4. The van der Waals surface area contributed by atoms with E-state index in [9.17, 15) is 0 Å². The van der Waals surface area contributed by atoms with Crippen LogP contribution < -0.4 is 0 Å². The molecule has 5 nitrogen and oxygen atoms in total. The van der Waals surface area contributed by atoms with Crippen molar-refractivity contribution in [1.82, 2.24) is 25.2 Å². The molecule has 2 aromatic heterocycles. The normalized spacial score (nSPS) is 10.3. The van der Waals surface area contributed by atoms with Crippen LogP contribution in [0.2, 0.25) is 0 Å². The highest BCUT2D eigenvalue weighted by atomic mass is 79.9. The molecule has 0 unspecified atom stereocenters. The molecule has 0 amide bonds. The van der Waals surface area contributed by atoms with Gasteiger partial charge in [0.1, 0.15) is 4.60 Å². The predicted molar refractivity (Wildman–Crippen MR) is 49.4 cm³/mol. The van der Waals surface area contributed by atoms with Gasteiger partial charge in [0.05, 0.1) is 11.9 Å². The molecule has 0 aliphatic carbocycles. The summed E-state index contributed by atoms with van der Waals surface area (Å²) in [6.07, 6.45) is 1.70. The molecule has 0 bridgehead atoms. The molecule has 0 aliphatic rings. The maximum absolute atomic E-state index is 4.08. The van der Waals surface area contributed by atoms with Crippen LogP contribution in [0.3, 0.4) is 0 Å². The SMILES string of the molecule is Cc1nnnn1-c1ccc(Br)nc1. The summed E-state index contributed by atoms with van der Waals surface area (Å²) < 4.78 is 2.42. The Bertz CT molecular complexity index is 407. The Morgan fingerprint density at radius 1 is 1.38 bits per heavy atom. The molecule has 13 heavy (non-hydrogen) atoms. The van der Waals surface area contributed by atoms with Crippen LogP contribution in [0.5, 0.6) is 0 Å². The molecule has 0 spiro atoms. The highest BCUT2D eigenvalue weighted by Crippen LogP contribution is 2.09. The number of halogens is 1. The Labute approximate surface area is 82.9 Å². The molecular weight excluding hydrogens is 234 g/mol. The average molecular weight is 240 g/mol. The summed E-state index contributed by atoms with van der Waals surface area (Å²) in [6.45, 7) is 1.84. The average Bonchev–Trinajstić information content (AvgIpc) is 2.53. The van der Waals surface area contributed by atoms with Crippen molar-refractivity contribution in [2.24, 2.45) is 0 Å². The summed E-state index contributed by atoms with van der Waals surface area (Å²) in [7, 11) is 0. The largest absolute Gasteiger partial charge is 0.247 e. The van der Waals surface area contributed by atoms with E-state index in [0.29, 0.717) is 0 Å². The maximum atomic E-state index is 4.08. The minimum Gasteiger partial charge on any atom is -0.247 e. The topological polar surface area (TPSA) is 56.5 Å². The van der Waals surface area contributed by atoms with Crippen molar-refractivity contribution in [3.05, 3.63) is 28.8 Å². The molecule has 0 aliphatic heterocycles. The van der Waals surface area contributed by atoms with Crippen LogP contribution in [0.15, 0.2) is 22.9 Å². The van der Waals surface area contributed by atoms with Crippen molar-refractivity contribution in [3.63, 3.8) is 0 Å². The number of nitrogens with zero attached hydrogens (tertiary/aromatic N) is 5. The molecule has 2 heterocycles. The van der Waals surface area contributed by atoms with Crippen molar-refractivity contribution >= 4 is 15.9 Å². The van der Waals surface area contributed by atoms with E-state index in [2.05, 4.69) is 36.4 Å². The molecular formula is C7H6BrN5. The Morgan fingerprint density at radius 3 is 2.77 bits per heavy atom. The minimum atomic E-state index is 0.740. The number of aromatic nitrogens is 5. The van der Waals surface area contributed by atoms with Gasteiger partial charge in [0.25, 0.3) is 0 Å². The highest BCUT2D eigenvalue weighted by molar-refractivity contribution is 9.10. The van der Waals surface area contributed by atoms with Crippen LogP contribution in [-0.2, 0) is 0 Å². The van der Waals surface area contributed by atoms with E-state index >= 15 is 0 Å². The van der Waals surface area contributed by atoms with E-state index in [1.54, 1.807) is 10.9 Å². The van der Waals surface area contributed by atoms with Crippen LogP contribution in [-0.4, -0.2) is 25.2 Å². The van der Waals surface area contributed by atoms with Gasteiger partial charge in [-0.25, -0.2) is 4.98 Å². The van der Waals surface area contributed by atoms with Crippen LogP contribution in [0.1, 0.15) is 5.82 Å². The Hall–Kier alpha value is -1.30.